The lowest BCUT2D eigenvalue weighted by atomic mass is 10.5. The summed E-state index contributed by atoms with van der Waals surface area (Å²) in [5.74, 6) is 1.09. The number of anilines is 1. The monoisotopic (exact) mass is 204 g/mol. The molecule has 0 aliphatic rings. The van der Waals surface area contributed by atoms with Gasteiger partial charge in [-0.1, -0.05) is 18.5 Å². The second-order valence-corrected chi connectivity index (χ2v) is 4.00. The van der Waals surface area contributed by atoms with Crippen LogP contribution in [0.25, 0.3) is 0 Å². The molecule has 0 saturated heterocycles. The van der Waals surface area contributed by atoms with Crippen LogP contribution in [0.15, 0.2) is 18.3 Å². The Morgan fingerprint density at radius 3 is 3.08 bits per heavy atom. The van der Waals surface area contributed by atoms with E-state index < -0.39 is 11.0 Å². The van der Waals surface area contributed by atoms with E-state index in [1.54, 1.807) is 18.3 Å². The standard InChI is InChI=1S/C7H9ClN2OS/c1-2-12(11)10-7-5-6(8)3-4-9-7/h3-5H,2H2,1H3,(H,9,10). The van der Waals surface area contributed by atoms with Gasteiger partial charge in [-0.15, -0.1) is 0 Å². The number of hydrogen-bond donors (Lipinski definition) is 1. The van der Waals surface area contributed by atoms with Gasteiger partial charge in [0.25, 0.3) is 0 Å². The summed E-state index contributed by atoms with van der Waals surface area (Å²) in [6.07, 6.45) is 1.57. The Bertz CT molecular complexity index is 292. The van der Waals surface area contributed by atoms with Crippen LogP contribution in [0.1, 0.15) is 6.92 Å². The van der Waals surface area contributed by atoms with Crippen LogP contribution in [0.4, 0.5) is 5.82 Å². The lowest BCUT2D eigenvalue weighted by Gasteiger charge is -2.01. The molecule has 0 aliphatic heterocycles. The molecule has 1 unspecified atom stereocenters. The molecular weight excluding hydrogens is 196 g/mol. The molecular formula is C7H9ClN2OS. The van der Waals surface area contributed by atoms with Gasteiger partial charge in [-0.3, -0.25) is 4.72 Å². The second-order valence-electron chi connectivity index (χ2n) is 2.10. The van der Waals surface area contributed by atoms with Gasteiger partial charge in [0.05, 0.1) is 0 Å². The maximum absolute atomic E-state index is 11.0. The topological polar surface area (TPSA) is 42.0 Å². The molecule has 0 aromatic carbocycles. The lowest BCUT2D eigenvalue weighted by Crippen LogP contribution is -2.06. The van der Waals surface area contributed by atoms with Gasteiger partial charge < -0.3 is 0 Å². The van der Waals surface area contributed by atoms with Crippen LogP contribution < -0.4 is 4.72 Å². The third-order valence-corrected chi connectivity index (χ3v) is 2.40. The number of nitrogens with one attached hydrogen (secondary N) is 1. The molecule has 12 heavy (non-hydrogen) atoms. The summed E-state index contributed by atoms with van der Waals surface area (Å²) >= 11 is 5.69. The lowest BCUT2D eigenvalue weighted by molar-refractivity contribution is 0.687. The van der Waals surface area contributed by atoms with Gasteiger partial charge in [0.15, 0.2) is 0 Å². The smallest absolute Gasteiger partial charge is 0.139 e. The summed E-state index contributed by atoms with van der Waals surface area (Å²) in [7, 11) is -1.06. The Morgan fingerprint density at radius 2 is 2.50 bits per heavy atom. The highest BCUT2D eigenvalue weighted by atomic mass is 35.5. The second kappa shape index (κ2) is 4.42. The zero-order valence-electron chi connectivity index (χ0n) is 6.58. The quantitative estimate of drug-likeness (QED) is 0.817. The molecule has 0 saturated carbocycles. The predicted octanol–water partition coefficient (Wildman–Crippen LogP) is 1.83. The minimum Gasteiger partial charge on any atom is -0.289 e. The Labute approximate surface area is 78.7 Å². The molecule has 3 nitrogen and oxygen atoms in total. The molecule has 66 valence electrons. The summed E-state index contributed by atoms with van der Waals surface area (Å²) in [6, 6.07) is 3.30. The number of hydrogen-bond acceptors (Lipinski definition) is 2. The van der Waals surface area contributed by atoms with Crippen molar-refractivity contribution in [3.8, 4) is 0 Å². The normalized spacial score (nSPS) is 12.5. The van der Waals surface area contributed by atoms with Gasteiger partial charge in [0.2, 0.25) is 0 Å². The molecule has 0 radical (unpaired) electrons. The van der Waals surface area contributed by atoms with Crippen LogP contribution in [0, 0.1) is 0 Å². The number of pyridine rings is 1. The molecule has 0 fully saturated rings. The first-order valence-corrected chi connectivity index (χ1v) is 5.18. The molecule has 1 heterocycles. The van der Waals surface area contributed by atoms with Crippen molar-refractivity contribution in [2.24, 2.45) is 0 Å². The van der Waals surface area contributed by atoms with Crippen molar-refractivity contribution < 1.29 is 4.21 Å². The van der Waals surface area contributed by atoms with Crippen molar-refractivity contribution in [3.63, 3.8) is 0 Å². The van der Waals surface area contributed by atoms with E-state index in [-0.39, 0.29) is 0 Å². The van der Waals surface area contributed by atoms with E-state index in [4.69, 9.17) is 11.6 Å². The highest BCUT2D eigenvalue weighted by Gasteiger charge is 1.97. The summed E-state index contributed by atoms with van der Waals surface area (Å²) in [6.45, 7) is 1.83. The first-order valence-electron chi connectivity index (χ1n) is 3.49. The highest BCUT2D eigenvalue weighted by Crippen LogP contribution is 2.11. The van der Waals surface area contributed by atoms with E-state index in [0.717, 1.165) is 0 Å². The summed E-state index contributed by atoms with van der Waals surface area (Å²) in [4.78, 5) is 3.94. The maximum Gasteiger partial charge on any atom is 0.139 e. The number of nitrogens with zero attached hydrogens (tertiary/aromatic N) is 1. The van der Waals surface area contributed by atoms with Crippen molar-refractivity contribution in [2.75, 3.05) is 10.5 Å². The zero-order chi connectivity index (χ0) is 8.97. The van der Waals surface area contributed by atoms with Gasteiger partial charge in [-0.05, 0) is 6.07 Å². The number of halogens is 1. The SMILES string of the molecule is CCS(=O)Nc1cc(Cl)ccn1. The van der Waals surface area contributed by atoms with Crippen molar-refractivity contribution >= 4 is 28.4 Å². The number of aromatic nitrogens is 1. The summed E-state index contributed by atoms with van der Waals surface area (Å²) in [5.41, 5.74) is 0. The summed E-state index contributed by atoms with van der Waals surface area (Å²) in [5, 5.41) is 0.584. The largest absolute Gasteiger partial charge is 0.289 e. The third kappa shape index (κ3) is 2.79. The Kier molecular flexibility index (Phi) is 3.49. The molecule has 1 aromatic rings. The van der Waals surface area contributed by atoms with Crippen LogP contribution >= 0.6 is 11.6 Å². The molecule has 1 aromatic heterocycles. The minimum atomic E-state index is -1.06. The van der Waals surface area contributed by atoms with E-state index in [1.807, 2.05) is 6.92 Å². The Hall–Kier alpha value is -0.610. The van der Waals surface area contributed by atoms with Crippen molar-refractivity contribution in [1.29, 1.82) is 0 Å². The molecule has 0 bridgehead atoms. The van der Waals surface area contributed by atoms with Gasteiger partial charge in [0, 0.05) is 23.0 Å². The highest BCUT2D eigenvalue weighted by molar-refractivity contribution is 7.86. The average molecular weight is 205 g/mol. The molecule has 0 amide bonds. The van der Waals surface area contributed by atoms with Gasteiger partial charge >= 0.3 is 0 Å². The van der Waals surface area contributed by atoms with Gasteiger partial charge in [-0.25, -0.2) is 9.19 Å². The predicted molar refractivity (Wildman–Crippen MR) is 51.6 cm³/mol. The van der Waals surface area contributed by atoms with E-state index in [9.17, 15) is 4.21 Å². The molecule has 1 atom stereocenters. The fourth-order valence-electron chi connectivity index (χ4n) is 0.649. The van der Waals surface area contributed by atoms with E-state index >= 15 is 0 Å². The van der Waals surface area contributed by atoms with E-state index in [0.29, 0.717) is 16.6 Å². The van der Waals surface area contributed by atoms with Crippen LogP contribution in [0.5, 0.6) is 0 Å². The molecule has 1 rings (SSSR count). The van der Waals surface area contributed by atoms with E-state index in [2.05, 4.69) is 9.71 Å². The Balaban J connectivity index is 2.69. The Morgan fingerprint density at radius 1 is 1.75 bits per heavy atom. The molecule has 0 aliphatic carbocycles. The van der Waals surface area contributed by atoms with Crippen LogP contribution in [-0.4, -0.2) is 14.9 Å². The summed E-state index contributed by atoms with van der Waals surface area (Å²) < 4.78 is 13.7. The van der Waals surface area contributed by atoms with Crippen molar-refractivity contribution in [3.05, 3.63) is 23.4 Å². The van der Waals surface area contributed by atoms with Crippen LogP contribution in [0.3, 0.4) is 0 Å². The first kappa shape index (κ1) is 9.48. The van der Waals surface area contributed by atoms with Gasteiger partial charge in [0.1, 0.15) is 16.8 Å². The van der Waals surface area contributed by atoms with Crippen molar-refractivity contribution in [2.45, 2.75) is 6.92 Å². The van der Waals surface area contributed by atoms with E-state index in [1.165, 1.54) is 0 Å². The van der Waals surface area contributed by atoms with Crippen molar-refractivity contribution in [1.82, 2.24) is 4.98 Å². The molecule has 0 spiro atoms. The van der Waals surface area contributed by atoms with Gasteiger partial charge in [-0.2, -0.15) is 0 Å². The fourth-order valence-corrected chi connectivity index (χ4v) is 1.30. The molecule has 5 heteroatoms. The zero-order valence-corrected chi connectivity index (χ0v) is 8.15. The van der Waals surface area contributed by atoms with Crippen LogP contribution in [-0.2, 0) is 11.0 Å². The number of rotatable bonds is 3. The fraction of sp³-hybridized carbons (Fsp3) is 0.286. The maximum atomic E-state index is 11.0. The van der Waals surface area contributed by atoms with Crippen LogP contribution in [0.2, 0.25) is 5.02 Å². The minimum absolute atomic E-state index is 0.544. The molecule has 1 N–H and O–H groups in total. The average Bonchev–Trinajstić information content (AvgIpc) is 2.04. The third-order valence-electron chi connectivity index (χ3n) is 1.20. The first-order chi connectivity index (χ1) is 5.72.